The minimum atomic E-state index is -0.298. The van der Waals surface area contributed by atoms with Crippen LogP contribution in [0.1, 0.15) is 32.6 Å². The predicted molar refractivity (Wildman–Crippen MR) is 71.3 cm³/mol. The largest absolute Gasteiger partial charge is 0.342 e. The number of hydrogen-bond acceptors (Lipinski definition) is 3. The maximum atomic E-state index is 12.5. The molecular weight excluding hydrogens is 248 g/mol. The van der Waals surface area contributed by atoms with Crippen molar-refractivity contribution in [3.05, 3.63) is 0 Å². The molecule has 5 heteroatoms. The molecule has 3 aliphatic rings. The maximum Gasteiger partial charge on any atom is 0.246 e. The molecule has 2 amide bonds. The summed E-state index contributed by atoms with van der Waals surface area (Å²) in [5.41, 5.74) is 0. The summed E-state index contributed by atoms with van der Waals surface area (Å²) >= 11 is 1.94. The van der Waals surface area contributed by atoms with Crippen LogP contribution in [-0.2, 0) is 9.59 Å². The van der Waals surface area contributed by atoms with Gasteiger partial charge >= 0.3 is 0 Å². The van der Waals surface area contributed by atoms with E-state index in [1.165, 1.54) is 18.6 Å². The highest BCUT2D eigenvalue weighted by molar-refractivity contribution is 8.00. The molecule has 2 saturated heterocycles. The lowest BCUT2D eigenvalue weighted by Crippen LogP contribution is -2.63. The summed E-state index contributed by atoms with van der Waals surface area (Å²) in [6, 6.07) is -0.534. The van der Waals surface area contributed by atoms with Crippen LogP contribution < -0.4 is 5.32 Å². The Morgan fingerprint density at radius 3 is 2.72 bits per heavy atom. The van der Waals surface area contributed by atoms with Gasteiger partial charge in [0, 0.05) is 11.8 Å². The van der Waals surface area contributed by atoms with Crippen LogP contribution in [0.5, 0.6) is 0 Å². The first-order valence-corrected chi connectivity index (χ1v) is 7.94. The molecule has 0 aromatic heterocycles. The fourth-order valence-corrected chi connectivity index (χ4v) is 4.12. The number of amides is 2. The topological polar surface area (TPSA) is 49.4 Å². The van der Waals surface area contributed by atoms with Crippen molar-refractivity contribution in [2.75, 3.05) is 12.3 Å². The summed E-state index contributed by atoms with van der Waals surface area (Å²) in [7, 11) is 0. The number of nitrogens with one attached hydrogen (secondary N) is 1. The van der Waals surface area contributed by atoms with Crippen LogP contribution in [-0.4, -0.2) is 46.3 Å². The highest BCUT2D eigenvalue weighted by atomic mass is 32.2. The SMILES string of the molecule is CC1C(=O)NC(C2CC2)C(=O)N1CC1CCCS1. The van der Waals surface area contributed by atoms with E-state index in [2.05, 4.69) is 5.32 Å². The fraction of sp³-hybridized carbons (Fsp3) is 0.846. The molecule has 3 unspecified atom stereocenters. The van der Waals surface area contributed by atoms with Crippen molar-refractivity contribution in [2.45, 2.75) is 49.9 Å². The summed E-state index contributed by atoms with van der Waals surface area (Å²) in [5.74, 6) is 1.76. The first kappa shape index (κ1) is 12.3. The molecule has 1 aliphatic carbocycles. The van der Waals surface area contributed by atoms with Crippen molar-refractivity contribution in [1.82, 2.24) is 10.2 Å². The maximum absolute atomic E-state index is 12.5. The Balaban J connectivity index is 1.71. The second-order valence-corrected chi connectivity index (χ2v) is 7.03. The van der Waals surface area contributed by atoms with Gasteiger partial charge in [-0.1, -0.05) is 0 Å². The van der Waals surface area contributed by atoms with Gasteiger partial charge in [-0.2, -0.15) is 11.8 Å². The van der Waals surface area contributed by atoms with Crippen molar-refractivity contribution in [1.29, 1.82) is 0 Å². The molecule has 3 atom stereocenters. The van der Waals surface area contributed by atoms with E-state index in [4.69, 9.17) is 0 Å². The van der Waals surface area contributed by atoms with E-state index in [-0.39, 0.29) is 23.9 Å². The lowest BCUT2D eigenvalue weighted by atomic mass is 10.0. The van der Waals surface area contributed by atoms with Crippen LogP contribution in [0.3, 0.4) is 0 Å². The lowest BCUT2D eigenvalue weighted by molar-refractivity contribution is -0.149. The number of piperazine rings is 1. The molecule has 4 nitrogen and oxygen atoms in total. The highest BCUT2D eigenvalue weighted by Gasteiger charge is 2.45. The van der Waals surface area contributed by atoms with Gasteiger partial charge in [0.2, 0.25) is 11.8 Å². The number of carbonyl (C=O) groups excluding carboxylic acids is 2. The fourth-order valence-electron chi connectivity index (χ4n) is 2.85. The Hall–Kier alpha value is -0.710. The number of hydrogen-bond donors (Lipinski definition) is 1. The quantitative estimate of drug-likeness (QED) is 0.831. The van der Waals surface area contributed by atoms with Gasteiger partial charge < -0.3 is 10.2 Å². The molecule has 0 aromatic carbocycles. The van der Waals surface area contributed by atoms with Crippen molar-refractivity contribution >= 4 is 23.6 Å². The van der Waals surface area contributed by atoms with Gasteiger partial charge in [-0.05, 0) is 44.3 Å². The summed E-state index contributed by atoms with van der Waals surface area (Å²) in [5, 5.41) is 3.43. The standard InChI is InChI=1S/C13H20N2O2S/c1-8-12(16)14-11(9-4-5-9)13(17)15(8)7-10-3-2-6-18-10/h8-11H,2-7H2,1H3,(H,14,16). The van der Waals surface area contributed by atoms with Crippen molar-refractivity contribution < 1.29 is 9.59 Å². The summed E-state index contributed by atoms with van der Waals surface area (Å²) in [4.78, 5) is 26.2. The van der Waals surface area contributed by atoms with E-state index >= 15 is 0 Å². The minimum absolute atomic E-state index is 0.0227. The van der Waals surface area contributed by atoms with Crippen LogP contribution in [0.15, 0.2) is 0 Å². The number of rotatable bonds is 3. The van der Waals surface area contributed by atoms with E-state index in [9.17, 15) is 9.59 Å². The molecule has 100 valence electrons. The summed E-state index contributed by atoms with van der Waals surface area (Å²) in [6.45, 7) is 2.59. The van der Waals surface area contributed by atoms with Gasteiger partial charge in [0.05, 0.1) is 0 Å². The average Bonchev–Trinajstić information content (AvgIpc) is 3.07. The Morgan fingerprint density at radius 1 is 1.33 bits per heavy atom. The van der Waals surface area contributed by atoms with Crippen molar-refractivity contribution in [3.63, 3.8) is 0 Å². The van der Waals surface area contributed by atoms with Crippen molar-refractivity contribution in [2.24, 2.45) is 5.92 Å². The Labute approximate surface area is 112 Å². The van der Waals surface area contributed by atoms with Gasteiger partial charge in [0.25, 0.3) is 0 Å². The number of carbonyl (C=O) groups is 2. The van der Waals surface area contributed by atoms with E-state index in [1.54, 1.807) is 0 Å². The molecular formula is C13H20N2O2S. The zero-order valence-corrected chi connectivity index (χ0v) is 11.5. The van der Waals surface area contributed by atoms with E-state index in [1.807, 2.05) is 23.6 Å². The highest BCUT2D eigenvalue weighted by Crippen LogP contribution is 2.36. The van der Waals surface area contributed by atoms with Gasteiger partial charge in [-0.3, -0.25) is 9.59 Å². The number of nitrogens with zero attached hydrogens (tertiary/aromatic N) is 1. The third-order valence-corrected chi connectivity index (χ3v) is 5.59. The first-order chi connectivity index (χ1) is 8.66. The summed E-state index contributed by atoms with van der Waals surface area (Å²) < 4.78 is 0. The molecule has 0 radical (unpaired) electrons. The Morgan fingerprint density at radius 2 is 2.11 bits per heavy atom. The molecule has 2 aliphatic heterocycles. The molecule has 1 saturated carbocycles. The monoisotopic (exact) mass is 268 g/mol. The zero-order valence-electron chi connectivity index (χ0n) is 10.7. The zero-order chi connectivity index (χ0) is 12.7. The molecule has 1 N–H and O–H groups in total. The third kappa shape index (κ3) is 2.25. The minimum Gasteiger partial charge on any atom is -0.342 e. The van der Waals surface area contributed by atoms with E-state index in [0.29, 0.717) is 11.2 Å². The Kier molecular flexibility index (Phi) is 3.26. The molecule has 18 heavy (non-hydrogen) atoms. The van der Waals surface area contributed by atoms with E-state index in [0.717, 1.165) is 19.4 Å². The molecule has 3 fully saturated rings. The summed E-state index contributed by atoms with van der Waals surface area (Å²) in [6.07, 6.45) is 4.58. The van der Waals surface area contributed by atoms with Crippen LogP contribution in [0, 0.1) is 5.92 Å². The second-order valence-electron chi connectivity index (χ2n) is 5.63. The predicted octanol–water partition coefficient (Wildman–Crippen LogP) is 1.01. The normalized spacial score (nSPS) is 36.9. The van der Waals surface area contributed by atoms with Crippen LogP contribution in [0.4, 0.5) is 0 Å². The van der Waals surface area contributed by atoms with Gasteiger partial charge in [0.15, 0.2) is 0 Å². The van der Waals surface area contributed by atoms with E-state index < -0.39 is 0 Å². The average molecular weight is 268 g/mol. The second kappa shape index (κ2) is 4.76. The van der Waals surface area contributed by atoms with Crippen LogP contribution >= 0.6 is 11.8 Å². The molecule has 0 spiro atoms. The third-order valence-electron chi connectivity index (χ3n) is 4.21. The van der Waals surface area contributed by atoms with Gasteiger partial charge in [-0.15, -0.1) is 0 Å². The molecule has 3 rings (SSSR count). The van der Waals surface area contributed by atoms with Crippen molar-refractivity contribution in [3.8, 4) is 0 Å². The molecule has 0 aromatic rings. The first-order valence-electron chi connectivity index (χ1n) is 6.89. The lowest BCUT2D eigenvalue weighted by Gasteiger charge is -2.38. The van der Waals surface area contributed by atoms with Gasteiger partial charge in [-0.25, -0.2) is 0 Å². The Bertz CT molecular complexity index is 364. The van der Waals surface area contributed by atoms with Crippen LogP contribution in [0.2, 0.25) is 0 Å². The van der Waals surface area contributed by atoms with Crippen LogP contribution in [0.25, 0.3) is 0 Å². The smallest absolute Gasteiger partial charge is 0.246 e. The molecule has 2 heterocycles. The molecule has 0 bridgehead atoms. The van der Waals surface area contributed by atoms with Gasteiger partial charge in [0.1, 0.15) is 12.1 Å². The number of thioether (sulfide) groups is 1.